The van der Waals surface area contributed by atoms with Crippen LogP contribution in [0.5, 0.6) is 0 Å². The second-order valence-electron chi connectivity index (χ2n) is 2.17. The highest BCUT2D eigenvalue weighted by Crippen LogP contribution is 2.12. The van der Waals surface area contributed by atoms with Crippen molar-refractivity contribution in [1.29, 1.82) is 0 Å². The number of hydrogen-bond donors (Lipinski definition) is 2. The monoisotopic (exact) mass is 198 g/mol. The highest BCUT2D eigenvalue weighted by atomic mass is 32.1. The molecule has 0 radical (unpaired) electrons. The molecular formula is C6H6N4S2. The quantitative estimate of drug-likeness (QED) is 0.399. The molecule has 0 aliphatic carbocycles. The number of imidazole rings is 1. The number of nitrogens with zero attached hydrogens (tertiary/aromatic N) is 2. The van der Waals surface area contributed by atoms with Gasteiger partial charge in [-0.25, -0.2) is 10.8 Å². The van der Waals surface area contributed by atoms with E-state index in [4.69, 9.17) is 18.1 Å². The number of fused-ring (bicyclic) bond motifs is 1. The first-order chi connectivity index (χ1) is 5.83. The lowest BCUT2D eigenvalue weighted by Gasteiger charge is -1.98. The van der Waals surface area contributed by atoms with Crippen molar-refractivity contribution in [2.75, 3.05) is 0 Å². The van der Waals surface area contributed by atoms with Gasteiger partial charge in [-0.05, 0) is 0 Å². The van der Waals surface area contributed by atoms with E-state index in [1.807, 2.05) is 16.0 Å². The zero-order valence-corrected chi connectivity index (χ0v) is 7.65. The van der Waals surface area contributed by atoms with Crippen LogP contribution in [0.4, 0.5) is 0 Å². The smallest absolute Gasteiger partial charge is 0.194 e. The lowest BCUT2D eigenvalue weighted by molar-refractivity contribution is 1.03. The molecular weight excluding hydrogens is 192 g/mol. The maximum Gasteiger partial charge on any atom is 0.194 e. The van der Waals surface area contributed by atoms with Crippen LogP contribution in [0.1, 0.15) is 5.69 Å². The van der Waals surface area contributed by atoms with Gasteiger partial charge in [-0.1, -0.05) is 12.2 Å². The minimum Gasteiger partial charge on any atom is -0.313 e. The van der Waals surface area contributed by atoms with E-state index < -0.39 is 0 Å². The van der Waals surface area contributed by atoms with E-state index in [0.29, 0.717) is 4.99 Å². The number of hydrazine groups is 1. The number of nitrogens with one attached hydrogen (secondary N) is 1. The molecule has 0 spiro atoms. The van der Waals surface area contributed by atoms with Gasteiger partial charge >= 0.3 is 0 Å². The van der Waals surface area contributed by atoms with E-state index in [1.54, 1.807) is 17.5 Å². The van der Waals surface area contributed by atoms with Gasteiger partial charge in [0.15, 0.2) is 4.96 Å². The maximum absolute atomic E-state index is 5.19. The highest BCUT2D eigenvalue weighted by Gasteiger charge is 2.06. The van der Waals surface area contributed by atoms with E-state index in [0.717, 1.165) is 10.7 Å². The summed E-state index contributed by atoms with van der Waals surface area (Å²) in [5.74, 6) is 5.19. The third kappa shape index (κ3) is 1.01. The lowest BCUT2D eigenvalue weighted by atomic mass is 10.5. The SMILES string of the molecule is NNC(=S)c1cnc2sccn12. The van der Waals surface area contributed by atoms with Gasteiger partial charge < -0.3 is 5.43 Å². The van der Waals surface area contributed by atoms with E-state index in [-0.39, 0.29) is 0 Å². The Morgan fingerprint density at radius 2 is 2.58 bits per heavy atom. The maximum atomic E-state index is 5.19. The van der Waals surface area contributed by atoms with Crippen molar-refractivity contribution in [3.05, 3.63) is 23.5 Å². The Morgan fingerprint density at radius 1 is 1.75 bits per heavy atom. The summed E-state index contributed by atoms with van der Waals surface area (Å²) in [6.07, 6.45) is 3.61. The first-order valence-corrected chi connectivity index (χ1v) is 4.53. The van der Waals surface area contributed by atoms with Crippen LogP contribution >= 0.6 is 23.6 Å². The van der Waals surface area contributed by atoms with Gasteiger partial charge in [0.2, 0.25) is 0 Å². The molecule has 3 N–H and O–H groups in total. The second-order valence-corrected chi connectivity index (χ2v) is 3.45. The van der Waals surface area contributed by atoms with Gasteiger partial charge in [0, 0.05) is 11.6 Å². The summed E-state index contributed by atoms with van der Waals surface area (Å²) in [5, 5.41) is 1.95. The third-order valence-corrected chi connectivity index (χ3v) is 2.61. The summed E-state index contributed by atoms with van der Waals surface area (Å²) in [4.78, 5) is 5.57. The van der Waals surface area contributed by atoms with Crippen molar-refractivity contribution < 1.29 is 0 Å². The van der Waals surface area contributed by atoms with Crippen LogP contribution < -0.4 is 11.3 Å². The number of hydrogen-bond acceptors (Lipinski definition) is 4. The molecule has 2 rings (SSSR count). The van der Waals surface area contributed by atoms with Gasteiger partial charge in [-0.2, -0.15) is 0 Å². The first-order valence-electron chi connectivity index (χ1n) is 3.24. The molecule has 2 aromatic rings. The average molecular weight is 198 g/mol. The summed E-state index contributed by atoms with van der Waals surface area (Å²) in [6, 6.07) is 0. The van der Waals surface area contributed by atoms with Crippen molar-refractivity contribution in [1.82, 2.24) is 14.8 Å². The van der Waals surface area contributed by atoms with Gasteiger partial charge in [0.1, 0.15) is 10.7 Å². The number of aromatic nitrogens is 2. The first kappa shape index (κ1) is 7.66. The van der Waals surface area contributed by atoms with Crippen molar-refractivity contribution in [3.8, 4) is 0 Å². The van der Waals surface area contributed by atoms with Crippen molar-refractivity contribution >= 4 is 33.5 Å². The molecule has 0 aliphatic heterocycles. The van der Waals surface area contributed by atoms with Crippen LogP contribution in [0.2, 0.25) is 0 Å². The van der Waals surface area contributed by atoms with Crippen LogP contribution in [0.25, 0.3) is 4.96 Å². The summed E-state index contributed by atoms with van der Waals surface area (Å²) < 4.78 is 1.90. The Labute approximate surface area is 78.0 Å². The van der Waals surface area contributed by atoms with Gasteiger partial charge in [-0.3, -0.25) is 4.40 Å². The number of nitrogens with two attached hydrogens (primary N) is 1. The van der Waals surface area contributed by atoms with Crippen molar-refractivity contribution in [3.63, 3.8) is 0 Å². The largest absolute Gasteiger partial charge is 0.313 e. The Morgan fingerprint density at radius 3 is 3.33 bits per heavy atom. The average Bonchev–Trinajstić information content (AvgIpc) is 2.62. The molecule has 0 aliphatic rings. The van der Waals surface area contributed by atoms with Crippen molar-refractivity contribution in [2.24, 2.45) is 5.84 Å². The predicted molar refractivity (Wildman–Crippen MR) is 52.1 cm³/mol. The minimum absolute atomic E-state index is 0.501. The van der Waals surface area contributed by atoms with E-state index in [2.05, 4.69) is 10.4 Å². The molecule has 0 bridgehead atoms. The van der Waals surface area contributed by atoms with Crippen LogP contribution in [-0.2, 0) is 0 Å². The Hall–Kier alpha value is -0.980. The normalized spacial score (nSPS) is 10.4. The van der Waals surface area contributed by atoms with Gasteiger partial charge in [-0.15, -0.1) is 11.3 Å². The second kappa shape index (κ2) is 2.81. The Balaban J connectivity index is 2.61. The number of rotatable bonds is 1. The summed E-state index contributed by atoms with van der Waals surface area (Å²) in [6.45, 7) is 0. The van der Waals surface area contributed by atoms with Gasteiger partial charge in [0.05, 0.1) is 6.20 Å². The van der Waals surface area contributed by atoms with Crippen molar-refractivity contribution in [2.45, 2.75) is 0 Å². The fourth-order valence-electron chi connectivity index (χ4n) is 0.969. The fourth-order valence-corrected chi connectivity index (χ4v) is 1.81. The zero-order chi connectivity index (χ0) is 8.55. The van der Waals surface area contributed by atoms with E-state index in [1.165, 1.54) is 0 Å². The molecule has 62 valence electrons. The zero-order valence-electron chi connectivity index (χ0n) is 6.02. The molecule has 4 nitrogen and oxygen atoms in total. The van der Waals surface area contributed by atoms with Gasteiger partial charge in [0.25, 0.3) is 0 Å². The standard InChI is InChI=1S/C6H6N4S2/c7-9-5(11)4-3-8-6-10(4)1-2-12-6/h1-3H,7H2,(H,9,11). The Kier molecular flexibility index (Phi) is 1.80. The molecule has 2 aromatic heterocycles. The number of thiocarbonyl (C=S) groups is 1. The van der Waals surface area contributed by atoms with E-state index >= 15 is 0 Å². The molecule has 0 aromatic carbocycles. The lowest BCUT2D eigenvalue weighted by Crippen LogP contribution is -2.29. The minimum atomic E-state index is 0.501. The molecule has 2 heterocycles. The van der Waals surface area contributed by atoms with Crippen LogP contribution in [-0.4, -0.2) is 14.4 Å². The van der Waals surface area contributed by atoms with Crippen LogP contribution in [0.15, 0.2) is 17.8 Å². The molecule has 12 heavy (non-hydrogen) atoms. The molecule has 6 heteroatoms. The summed E-state index contributed by atoms with van der Waals surface area (Å²) in [7, 11) is 0. The Bertz CT molecular complexity index is 416. The summed E-state index contributed by atoms with van der Waals surface area (Å²) in [5.41, 5.74) is 3.25. The molecule has 0 fully saturated rings. The fraction of sp³-hybridized carbons (Fsp3) is 0. The predicted octanol–water partition coefficient (Wildman–Crippen LogP) is 0.535. The molecule has 0 unspecified atom stereocenters. The highest BCUT2D eigenvalue weighted by molar-refractivity contribution is 7.80. The number of thiazole rings is 1. The molecule has 0 saturated carbocycles. The van der Waals surface area contributed by atoms with E-state index in [9.17, 15) is 0 Å². The third-order valence-electron chi connectivity index (χ3n) is 1.51. The van der Waals surface area contributed by atoms with Crippen LogP contribution in [0.3, 0.4) is 0 Å². The molecule has 0 saturated heterocycles. The molecule has 0 amide bonds. The molecule has 0 atom stereocenters. The van der Waals surface area contributed by atoms with Crippen LogP contribution in [0, 0.1) is 0 Å². The topological polar surface area (TPSA) is 55.3 Å². The summed E-state index contributed by atoms with van der Waals surface area (Å²) >= 11 is 6.54.